The Morgan fingerprint density at radius 3 is 2.10 bits per heavy atom. The summed E-state index contributed by atoms with van der Waals surface area (Å²) in [6.07, 6.45) is 6.48. The molecule has 0 bridgehead atoms. The summed E-state index contributed by atoms with van der Waals surface area (Å²) in [6.45, 7) is 6.89. The van der Waals surface area contributed by atoms with Gasteiger partial charge in [-0.3, -0.25) is 10.0 Å². The number of aromatic nitrogens is 2. The lowest BCUT2D eigenvalue weighted by molar-refractivity contribution is -0.132. The molecule has 40 heavy (non-hydrogen) atoms. The summed E-state index contributed by atoms with van der Waals surface area (Å²) in [5.41, 5.74) is 3.64. The van der Waals surface area contributed by atoms with E-state index in [-0.39, 0.29) is 63.8 Å². The van der Waals surface area contributed by atoms with Gasteiger partial charge in [-0.05, 0) is 55.5 Å². The van der Waals surface area contributed by atoms with Crippen LogP contribution in [0.1, 0.15) is 45.1 Å². The monoisotopic (exact) mass is 618 g/mol. The molecule has 0 unspecified atom stereocenters. The van der Waals surface area contributed by atoms with Crippen molar-refractivity contribution in [2.45, 2.75) is 50.7 Å². The lowest BCUT2D eigenvalue weighted by atomic mass is 9.95. The molecular weight excluding hydrogens is 579 g/mol. The first-order valence-corrected chi connectivity index (χ1v) is 14.8. The van der Waals surface area contributed by atoms with E-state index in [1.54, 1.807) is 17.9 Å². The number of unbranched alkanes of at least 4 members (excludes halogenated alkanes) is 1. The number of hydrogen-bond donors (Lipinski definition) is 2. The second kappa shape index (κ2) is 15.0. The molecule has 0 aliphatic carbocycles. The fraction of sp³-hybridized carbons (Fsp3) is 0.577. The Kier molecular flexibility index (Phi) is 12.7. The van der Waals surface area contributed by atoms with Crippen molar-refractivity contribution in [2.24, 2.45) is 0 Å². The van der Waals surface area contributed by atoms with Gasteiger partial charge in [-0.1, -0.05) is 20.3 Å². The van der Waals surface area contributed by atoms with Crippen LogP contribution in [0, 0.1) is 0 Å². The van der Waals surface area contributed by atoms with Crippen molar-refractivity contribution in [3.05, 3.63) is 42.2 Å². The van der Waals surface area contributed by atoms with Gasteiger partial charge < -0.3 is 14.5 Å². The Morgan fingerprint density at radius 1 is 0.975 bits per heavy atom. The molecule has 3 heterocycles. The lowest BCUT2D eigenvalue weighted by Gasteiger charge is -2.44. The first kappa shape index (κ1) is 33.8. The number of nitrogens with zero attached hydrogens (tertiary/aromatic N) is 5. The fourth-order valence-corrected chi connectivity index (χ4v) is 7.10. The van der Waals surface area contributed by atoms with E-state index in [0.717, 1.165) is 36.3 Å². The predicted octanol–water partition coefficient (Wildman–Crippen LogP) is 3.06. The Bertz CT molecular complexity index is 1170. The summed E-state index contributed by atoms with van der Waals surface area (Å²) in [7, 11) is -4.05. The van der Waals surface area contributed by atoms with Gasteiger partial charge in [0.15, 0.2) is 4.75 Å². The van der Waals surface area contributed by atoms with Crippen LogP contribution in [0.4, 0.5) is 11.6 Å². The zero-order valence-electron chi connectivity index (χ0n) is 23.0. The van der Waals surface area contributed by atoms with E-state index in [0.29, 0.717) is 25.6 Å². The third-order valence-electron chi connectivity index (χ3n) is 7.51. The Balaban J connectivity index is 0.00000280. The minimum absolute atomic E-state index is 0. The minimum Gasteiger partial charge on any atom is -0.494 e. The van der Waals surface area contributed by atoms with Gasteiger partial charge in [0.25, 0.3) is 5.91 Å². The molecular formula is C26H40Cl2N6O5S. The number of ether oxygens (including phenoxy) is 1. The van der Waals surface area contributed by atoms with Gasteiger partial charge in [0.05, 0.1) is 6.61 Å². The van der Waals surface area contributed by atoms with Gasteiger partial charge in [0.1, 0.15) is 5.75 Å². The molecule has 2 aliphatic rings. The van der Waals surface area contributed by atoms with Gasteiger partial charge in [-0.25, -0.2) is 23.9 Å². The molecule has 11 nitrogen and oxygen atoms in total. The SMILES string of the molecule is CCCCOc1ccc(N2CCN(S(=O)(=O)C3(C(=O)NO)CCN(c4ncc(CC)cn4)CC3)CC2)cc1.Cl.Cl. The van der Waals surface area contributed by atoms with E-state index in [4.69, 9.17) is 4.74 Å². The molecule has 0 spiro atoms. The van der Waals surface area contributed by atoms with Gasteiger partial charge in [-0.2, -0.15) is 4.31 Å². The number of carbonyl (C=O) groups excluding carboxylic acids is 1. The van der Waals surface area contributed by atoms with Crippen molar-refractivity contribution in [3.63, 3.8) is 0 Å². The molecule has 0 atom stereocenters. The van der Waals surface area contributed by atoms with Crippen LogP contribution in [0.15, 0.2) is 36.7 Å². The van der Waals surface area contributed by atoms with E-state index >= 15 is 0 Å². The summed E-state index contributed by atoms with van der Waals surface area (Å²) < 4.78 is 33.1. The number of carbonyl (C=O) groups is 1. The molecule has 2 saturated heterocycles. The third-order valence-corrected chi connectivity index (χ3v) is 10.1. The number of hydroxylamine groups is 1. The van der Waals surface area contributed by atoms with Crippen molar-refractivity contribution >= 4 is 52.4 Å². The highest BCUT2D eigenvalue weighted by Gasteiger charge is 2.55. The molecule has 2 aromatic rings. The number of benzene rings is 1. The second-order valence-corrected chi connectivity index (χ2v) is 12.0. The molecule has 14 heteroatoms. The van der Waals surface area contributed by atoms with E-state index in [1.807, 2.05) is 36.1 Å². The van der Waals surface area contributed by atoms with Crippen LogP contribution in [0.5, 0.6) is 5.75 Å². The van der Waals surface area contributed by atoms with Crippen LogP contribution >= 0.6 is 24.8 Å². The average molecular weight is 620 g/mol. The highest BCUT2D eigenvalue weighted by Crippen LogP contribution is 2.35. The van der Waals surface area contributed by atoms with Crippen LogP contribution in [-0.4, -0.2) is 84.4 Å². The standard InChI is InChI=1S/C26H38N6O5S.2ClH/c1-3-5-18-37-23-8-6-22(7-9-23)30-14-16-32(17-15-30)38(35,36)26(24(33)29-34)10-12-31(13-11-26)25-27-19-21(4-2)20-28-25;;/h6-9,19-20,34H,3-5,10-18H2,1-2H3,(H,29,33);2*1H. The highest BCUT2D eigenvalue weighted by atomic mass is 35.5. The fourth-order valence-electron chi connectivity index (χ4n) is 4.99. The van der Waals surface area contributed by atoms with Crippen LogP contribution < -0.4 is 20.0 Å². The third kappa shape index (κ3) is 7.09. The maximum Gasteiger partial charge on any atom is 0.266 e. The summed E-state index contributed by atoms with van der Waals surface area (Å²) in [6, 6.07) is 7.83. The number of rotatable bonds is 10. The molecule has 0 radical (unpaired) electrons. The van der Waals surface area contributed by atoms with Crippen LogP contribution in [-0.2, 0) is 21.2 Å². The first-order valence-electron chi connectivity index (χ1n) is 13.3. The Hall–Kier alpha value is -2.38. The summed E-state index contributed by atoms with van der Waals surface area (Å²) in [5.74, 6) is 0.437. The first-order chi connectivity index (χ1) is 18.3. The molecule has 2 N–H and O–H groups in total. The molecule has 2 fully saturated rings. The number of piperazine rings is 1. The number of amides is 1. The van der Waals surface area contributed by atoms with Gasteiger partial charge in [0, 0.05) is 57.3 Å². The van der Waals surface area contributed by atoms with Crippen molar-refractivity contribution in [1.82, 2.24) is 19.8 Å². The number of nitrogens with one attached hydrogen (secondary N) is 1. The Morgan fingerprint density at radius 2 is 1.57 bits per heavy atom. The lowest BCUT2D eigenvalue weighted by Crippen LogP contribution is -2.63. The molecule has 1 aromatic heterocycles. The molecule has 0 saturated carbocycles. The largest absolute Gasteiger partial charge is 0.494 e. The van der Waals surface area contributed by atoms with Crippen LogP contribution in [0.25, 0.3) is 0 Å². The highest BCUT2D eigenvalue weighted by molar-refractivity contribution is 7.91. The van der Waals surface area contributed by atoms with Gasteiger partial charge in [-0.15, -0.1) is 24.8 Å². The smallest absolute Gasteiger partial charge is 0.266 e. The molecule has 224 valence electrons. The molecule has 1 amide bonds. The zero-order valence-corrected chi connectivity index (χ0v) is 25.4. The summed E-state index contributed by atoms with van der Waals surface area (Å²) in [5, 5.41) is 9.50. The van der Waals surface area contributed by atoms with E-state index < -0.39 is 20.7 Å². The van der Waals surface area contributed by atoms with Crippen molar-refractivity contribution < 1.29 is 23.2 Å². The topological polar surface area (TPSA) is 128 Å². The maximum atomic E-state index is 13.9. The van der Waals surface area contributed by atoms with E-state index in [2.05, 4.69) is 21.8 Å². The molecule has 2 aliphatic heterocycles. The summed E-state index contributed by atoms with van der Waals surface area (Å²) >= 11 is 0. The average Bonchev–Trinajstić information content (AvgIpc) is 2.97. The van der Waals surface area contributed by atoms with E-state index in [9.17, 15) is 18.4 Å². The van der Waals surface area contributed by atoms with E-state index in [1.165, 1.54) is 4.31 Å². The number of anilines is 2. The number of sulfonamides is 1. The van der Waals surface area contributed by atoms with Crippen molar-refractivity contribution in [3.8, 4) is 5.75 Å². The van der Waals surface area contributed by atoms with Crippen molar-refractivity contribution in [2.75, 3.05) is 55.7 Å². The number of piperidine rings is 1. The normalized spacial score (nSPS) is 17.4. The second-order valence-electron chi connectivity index (χ2n) is 9.75. The van der Waals surface area contributed by atoms with Gasteiger partial charge in [0.2, 0.25) is 16.0 Å². The number of aryl methyl sites for hydroxylation is 1. The molecule has 1 aromatic carbocycles. The summed E-state index contributed by atoms with van der Waals surface area (Å²) in [4.78, 5) is 25.7. The van der Waals surface area contributed by atoms with Gasteiger partial charge >= 0.3 is 0 Å². The van der Waals surface area contributed by atoms with Crippen molar-refractivity contribution in [1.29, 1.82) is 0 Å². The minimum atomic E-state index is -4.05. The Labute approximate surface area is 249 Å². The molecule has 4 rings (SSSR count). The number of halogens is 2. The number of hydrogen-bond acceptors (Lipinski definition) is 9. The van der Waals surface area contributed by atoms with Crippen LogP contribution in [0.3, 0.4) is 0 Å². The quantitative estimate of drug-likeness (QED) is 0.234. The van der Waals surface area contributed by atoms with Crippen LogP contribution in [0.2, 0.25) is 0 Å². The maximum absolute atomic E-state index is 13.9. The predicted molar refractivity (Wildman–Crippen MR) is 160 cm³/mol. The zero-order chi connectivity index (χ0) is 27.2.